The lowest BCUT2D eigenvalue weighted by Crippen LogP contribution is -2.05. The molecule has 3 aromatic carbocycles. The van der Waals surface area contributed by atoms with Gasteiger partial charge in [0.05, 0.1) is 19.8 Å². The van der Waals surface area contributed by atoms with Gasteiger partial charge in [-0.2, -0.15) is 0 Å². The van der Waals surface area contributed by atoms with E-state index in [1.807, 2.05) is 45.0 Å². The molecule has 0 amide bonds. The van der Waals surface area contributed by atoms with Crippen molar-refractivity contribution in [2.45, 2.75) is 53.1 Å². The van der Waals surface area contributed by atoms with Crippen LogP contribution in [-0.2, 0) is 19.4 Å². The van der Waals surface area contributed by atoms with E-state index in [1.165, 1.54) is 27.6 Å². The SMILES string of the molecule is C=C1CCCc2c(c(OCC)c3ccccc3c2OCC)C1.Cc1cccc(CO)c1. The predicted molar refractivity (Wildman–Crippen MR) is 129 cm³/mol. The van der Waals surface area contributed by atoms with E-state index in [0.717, 1.165) is 48.1 Å². The number of aliphatic hydroxyl groups excluding tert-OH is 1. The minimum atomic E-state index is 0.141. The van der Waals surface area contributed by atoms with E-state index in [9.17, 15) is 0 Å². The lowest BCUT2D eigenvalue weighted by Gasteiger charge is -2.21. The molecule has 0 saturated carbocycles. The molecule has 0 aliphatic heterocycles. The van der Waals surface area contributed by atoms with Crippen LogP contribution in [0.3, 0.4) is 0 Å². The van der Waals surface area contributed by atoms with Gasteiger partial charge < -0.3 is 14.6 Å². The molecule has 0 atom stereocenters. The second kappa shape index (κ2) is 11.0. The highest BCUT2D eigenvalue weighted by molar-refractivity contribution is 5.96. The third kappa shape index (κ3) is 5.48. The minimum Gasteiger partial charge on any atom is -0.493 e. The first kappa shape index (κ1) is 22.9. The summed E-state index contributed by atoms with van der Waals surface area (Å²) in [6, 6.07) is 16.3. The number of fused-ring (bicyclic) bond motifs is 2. The van der Waals surface area contributed by atoms with Crippen molar-refractivity contribution in [1.29, 1.82) is 0 Å². The van der Waals surface area contributed by atoms with Gasteiger partial charge in [0.2, 0.25) is 0 Å². The summed E-state index contributed by atoms with van der Waals surface area (Å²) in [6.07, 6.45) is 4.15. The largest absolute Gasteiger partial charge is 0.493 e. The van der Waals surface area contributed by atoms with Gasteiger partial charge in [-0.1, -0.05) is 66.2 Å². The highest BCUT2D eigenvalue weighted by atomic mass is 16.5. The molecule has 3 aromatic rings. The topological polar surface area (TPSA) is 38.7 Å². The van der Waals surface area contributed by atoms with Crippen molar-refractivity contribution in [3.63, 3.8) is 0 Å². The maximum absolute atomic E-state index is 8.66. The van der Waals surface area contributed by atoms with Crippen molar-refractivity contribution in [1.82, 2.24) is 0 Å². The number of rotatable bonds is 5. The Bertz CT molecular complexity index is 1040. The molecule has 31 heavy (non-hydrogen) atoms. The van der Waals surface area contributed by atoms with Crippen LogP contribution in [0.1, 0.15) is 48.9 Å². The number of benzene rings is 3. The van der Waals surface area contributed by atoms with Gasteiger partial charge in [-0.3, -0.25) is 0 Å². The van der Waals surface area contributed by atoms with Gasteiger partial charge in [-0.05, 0) is 52.0 Å². The average Bonchev–Trinajstić information content (AvgIpc) is 2.97. The van der Waals surface area contributed by atoms with Crippen LogP contribution in [0.2, 0.25) is 0 Å². The molecule has 0 aromatic heterocycles. The lowest BCUT2D eigenvalue weighted by molar-refractivity contribution is 0.282. The van der Waals surface area contributed by atoms with Crippen molar-refractivity contribution in [2.24, 2.45) is 0 Å². The number of aliphatic hydroxyl groups is 1. The van der Waals surface area contributed by atoms with Crippen LogP contribution in [0.5, 0.6) is 11.5 Å². The fraction of sp³-hybridized carbons (Fsp3) is 0.357. The summed E-state index contributed by atoms with van der Waals surface area (Å²) in [5, 5.41) is 11.0. The molecule has 0 spiro atoms. The first-order chi connectivity index (χ1) is 15.1. The van der Waals surface area contributed by atoms with E-state index in [1.54, 1.807) is 0 Å². The highest BCUT2D eigenvalue weighted by Crippen LogP contribution is 2.44. The van der Waals surface area contributed by atoms with E-state index in [2.05, 4.69) is 30.8 Å². The van der Waals surface area contributed by atoms with E-state index < -0.39 is 0 Å². The molecule has 3 heteroatoms. The molecule has 164 valence electrons. The van der Waals surface area contributed by atoms with Crippen molar-refractivity contribution in [3.8, 4) is 11.5 Å². The Balaban J connectivity index is 0.000000254. The second-order valence-corrected chi connectivity index (χ2v) is 7.95. The molecule has 0 fully saturated rings. The van der Waals surface area contributed by atoms with Crippen LogP contribution < -0.4 is 9.47 Å². The zero-order valence-corrected chi connectivity index (χ0v) is 19.0. The number of ether oxygens (including phenoxy) is 2. The molecule has 0 heterocycles. The smallest absolute Gasteiger partial charge is 0.131 e. The molecule has 0 bridgehead atoms. The fourth-order valence-corrected chi connectivity index (χ4v) is 4.21. The minimum absolute atomic E-state index is 0.141. The molecule has 0 unspecified atom stereocenters. The Morgan fingerprint density at radius 3 is 2.06 bits per heavy atom. The second-order valence-electron chi connectivity index (χ2n) is 7.95. The summed E-state index contributed by atoms with van der Waals surface area (Å²) in [7, 11) is 0. The predicted octanol–water partition coefficient (Wildman–Crippen LogP) is 6.56. The van der Waals surface area contributed by atoms with Gasteiger partial charge in [0.25, 0.3) is 0 Å². The zero-order chi connectivity index (χ0) is 22.2. The Morgan fingerprint density at radius 2 is 1.52 bits per heavy atom. The molecule has 3 nitrogen and oxygen atoms in total. The van der Waals surface area contributed by atoms with Gasteiger partial charge in [0.15, 0.2) is 0 Å². The van der Waals surface area contributed by atoms with Crippen LogP contribution in [0.15, 0.2) is 60.7 Å². The first-order valence-electron chi connectivity index (χ1n) is 11.2. The van der Waals surface area contributed by atoms with Crippen LogP contribution in [0.4, 0.5) is 0 Å². The summed E-state index contributed by atoms with van der Waals surface area (Å²) < 4.78 is 12.1. The number of hydrogen-bond acceptors (Lipinski definition) is 3. The Hall–Kier alpha value is -2.78. The highest BCUT2D eigenvalue weighted by Gasteiger charge is 2.23. The van der Waals surface area contributed by atoms with E-state index in [-0.39, 0.29) is 6.61 Å². The van der Waals surface area contributed by atoms with E-state index >= 15 is 0 Å². The summed E-state index contributed by atoms with van der Waals surface area (Å²) >= 11 is 0. The standard InChI is InChI=1S/C20H24O2.C8H10O/c1-4-21-19-15-10-6-7-11-16(15)20(22-5-2)18-13-14(3)9-8-12-17(18)19;1-7-3-2-4-8(5-7)6-9/h6-7,10-11H,3-5,8-9,12-13H2,1-2H3;2-5,9H,6H2,1H3. The number of allylic oxidation sites excluding steroid dienone is 1. The lowest BCUT2D eigenvalue weighted by atomic mass is 9.94. The van der Waals surface area contributed by atoms with Crippen LogP contribution in [-0.4, -0.2) is 18.3 Å². The Morgan fingerprint density at radius 1 is 0.871 bits per heavy atom. The molecular weight excluding hydrogens is 384 g/mol. The first-order valence-corrected chi connectivity index (χ1v) is 11.2. The number of hydrogen-bond donors (Lipinski definition) is 1. The Labute approximate surface area is 186 Å². The Kier molecular flexibility index (Phi) is 8.13. The fourth-order valence-electron chi connectivity index (χ4n) is 4.21. The molecule has 0 radical (unpaired) electrons. The molecule has 1 aliphatic rings. The quantitative estimate of drug-likeness (QED) is 0.377. The normalized spacial score (nSPS) is 13.1. The third-order valence-electron chi connectivity index (χ3n) is 5.56. The van der Waals surface area contributed by atoms with E-state index in [4.69, 9.17) is 14.6 Å². The van der Waals surface area contributed by atoms with Crippen LogP contribution in [0, 0.1) is 6.92 Å². The summed E-state index contributed by atoms with van der Waals surface area (Å²) in [5.74, 6) is 2.07. The van der Waals surface area contributed by atoms with Crippen molar-refractivity contribution in [3.05, 3.63) is 82.9 Å². The van der Waals surface area contributed by atoms with Crippen molar-refractivity contribution < 1.29 is 14.6 Å². The summed E-state index contributed by atoms with van der Waals surface area (Å²) in [4.78, 5) is 0. The van der Waals surface area contributed by atoms with Gasteiger partial charge in [0, 0.05) is 21.9 Å². The number of aryl methyl sites for hydroxylation is 1. The van der Waals surface area contributed by atoms with Crippen molar-refractivity contribution >= 4 is 10.8 Å². The molecule has 4 rings (SSSR count). The molecular formula is C28H34O3. The van der Waals surface area contributed by atoms with Gasteiger partial charge in [-0.25, -0.2) is 0 Å². The maximum Gasteiger partial charge on any atom is 0.131 e. The van der Waals surface area contributed by atoms with Gasteiger partial charge in [-0.15, -0.1) is 0 Å². The average molecular weight is 419 g/mol. The molecule has 1 aliphatic carbocycles. The van der Waals surface area contributed by atoms with Crippen molar-refractivity contribution in [2.75, 3.05) is 13.2 Å². The van der Waals surface area contributed by atoms with Gasteiger partial charge in [0.1, 0.15) is 11.5 Å². The summed E-state index contributed by atoms with van der Waals surface area (Å²) in [6.45, 7) is 11.8. The maximum atomic E-state index is 8.66. The van der Waals surface area contributed by atoms with Crippen LogP contribution >= 0.6 is 0 Å². The van der Waals surface area contributed by atoms with Crippen LogP contribution in [0.25, 0.3) is 10.8 Å². The molecule has 0 saturated heterocycles. The monoisotopic (exact) mass is 418 g/mol. The third-order valence-corrected chi connectivity index (χ3v) is 5.56. The van der Waals surface area contributed by atoms with Gasteiger partial charge >= 0.3 is 0 Å². The molecule has 1 N–H and O–H groups in total. The summed E-state index contributed by atoms with van der Waals surface area (Å²) in [5.41, 5.74) is 6.07. The van der Waals surface area contributed by atoms with E-state index in [0.29, 0.717) is 13.2 Å². The zero-order valence-electron chi connectivity index (χ0n) is 19.0.